The number of para-hydroxylation sites is 1. The van der Waals surface area contributed by atoms with E-state index in [0.717, 1.165) is 11.3 Å². The topological polar surface area (TPSA) is 65.8 Å². The second-order valence-corrected chi connectivity index (χ2v) is 9.31. The molecular formula is C29H27Cl2N3O3. The minimum Gasteiger partial charge on any atom is -0.490 e. The van der Waals surface area contributed by atoms with E-state index in [0.29, 0.717) is 59.9 Å². The first-order chi connectivity index (χ1) is 18.0. The quantitative estimate of drug-likeness (QED) is 0.252. The average Bonchev–Trinajstić information content (AvgIpc) is 2.92. The highest BCUT2D eigenvalue weighted by atomic mass is 35.5. The van der Waals surface area contributed by atoms with Gasteiger partial charge >= 0.3 is 0 Å². The van der Waals surface area contributed by atoms with E-state index in [4.69, 9.17) is 32.7 Å². The minimum absolute atomic E-state index is 0.0431. The Morgan fingerprint density at radius 3 is 2.35 bits per heavy atom. The van der Waals surface area contributed by atoms with Gasteiger partial charge in [-0.15, -0.1) is 0 Å². The molecule has 0 aliphatic carbocycles. The molecule has 0 spiro atoms. The van der Waals surface area contributed by atoms with Crippen LogP contribution in [0.5, 0.6) is 11.5 Å². The van der Waals surface area contributed by atoms with E-state index < -0.39 is 0 Å². The van der Waals surface area contributed by atoms with Crippen molar-refractivity contribution in [2.45, 2.75) is 13.5 Å². The van der Waals surface area contributed by atoms with Gasteiger partial charge in [0.15, 0.2) is 11.5 Å². The summed E-state index contributed by atoms with van der Waals surface area (Å²) < 4.78 is 11.7. The Hall–Kier alpha value is -3.66. The lowest BCUT2D eigenvalue weighted by Crippen LogP contribution is -2.49. The fourth-order valence-electron chi connectivity index (χ4n) is 4.10. The van der Waals surface area contributed by atoms with Gasteiger partial charge in [-0.2, -0.15) is 5.26 Å². The van der Waals surface area contributed by atoms with Crippen LogP contribution in [0.25, 0.3) is 6.08 Å². The molecule has 0 aromatic heterocycles. The fourth-order valence-corrected chi connectivity index (χ4v) is 4.50. The summed E-state index contributed by atoms with van der Waals surface area (Å²) in [5, 5.41) is 10.7. The standard InChI is InChI=1S/C29H27Cl2N3O3/c1-2-36-27-18-22(17-26(31)28(27)37-20-21-8-10-24(30)11-9-21)16-23(19-32)29(35)34-14-12-33(13-15-34)25-6-4-3-5-7-25/h3-11,16-18H,2,12-15,20H2,1H3/b23-16-. The van der Waals surface area contributed by atoms with Gasteiger partial charge in [-0.25, -0.2) is 0 Å². The van der Waals surface area contributed by atoms with Crippen molar-refractivity contribution in [1.29, 1.82) is 5.26 Å². The van der Waals surface area contributed by atoms with E-state index in [1.54, 1.807) is 35.2 Å². The molecule has 190 valence electrons. The van der Waals surface area contributed by atoms with Crippen LogP contribution >= 0.6 is 23.2 Å². The summed E-state index contributed by atoms with van der Waals surface area (Å²) in [5.41, 5.74) is 2.68. The maximum absolute atomic E-state index is 13.1. The fraction of sp³-hybridized carbons (Fsp3) is 0.241. The number of hydrogen-bond acceptors (Lipinski definition) is 5. The zero-order valence-corrected chi connectivity index (χ0v) is 22.0. The van der Waals surface area contributed by atoms with E-state index in [1.807, 2.05) is 37.3 Å². The molecule has 1 amide bonds. The number of nitriles is 1. The van der Waals surface area contributed by atoms with E-state index in [2.05, 4.69) is 23.1 Å². The van der Waals surface area contributed by atoms with Crippen molar-refractivity contribution in [1.82, 2.24) is 4.90 Å². The summed E-state index contributed by atoms with van der Waals surface area (Å²) in [6.45, 7) is 5.02. The maximum atomic E-state index is 13.1. The Morgan fingerprint density at radius 2 is 1.70 bits per heavy atom. The summed E-state index contributed by atoms with van der Waals surface area (Å²) in [5.74, 6) is 0.543. The molecule has 4 rings (SSSR count). The Morgan fingerprint density at radius 1 is 1.00 bits per heavy atom. The van der Waals surface area contributed by atoms with Crippen molar-refractivity contribution in [3.05, 3.63) is 93.5 Å². The third-order valence-corrected chi connectivity index (χ3v) is 6.51. The number of carbonyl (C=O) groups is 1. The highest BCUT2D eigenvalue weighted by Crippen LogP contribution is 2.38. The molecule has 0 N–H and O–H groups in total. The smallest absolute Gasteiger partial charge is 0.264 e. The number of piperazine rings is 1. The van der Waals surface area contributed by atoms with Crippen LogP contribution in [0.3, 0.4) is 0 Å². The van der Waals surface area contributed by atoms with Crippen LogP contribution in [0, 0.1) is 11.3 Å². The largest absolute Gasteiger partial charge is 0.490 e. The van der Waals surface area contributed by atoms with Gasteiger partial charge < -0.3 is 19.3 Å². The molecular weight excluding hydrogens is 509 g/mol. The lowest BCUT2D eigenvalue weighted by Gasteiger charge is -2.36. The predicted molar refractivity (Wildman–Crippen MR) is 147 cm³/mol. The van der Waals surface area contributed by atoms with Crippen LogP contribution in [0.15, 0.2) is 72.3 Å². The van der Waals surface area contributed by atoms with Gasteiger partial charge in [0.2, 0.25) is 0 Å². The van der Waals surface area contributed by atoms with Crippen molar-refractivity contribution >= 4 is 40.9 Å². The SMILES string of the molecule is CCOc1cc(/C=C(/C#N)C(=O)N2CCN(c3ccccc3)CC2)cc(Cl)c1OCc1ccc(Cl)cc1. The zero-order valence-electron chi connectivity index (χ0n) is 20.5. The average molecular weight is 536 g/mol. The zero-order chi connectivity index (χ0) is 26.2. The predicted octanol–water partition coefficient (Wildman–Crippen LogP) is 6.23. The number of anilines is 1. The number of benzene rings is 3. The lowest BCUT2D eigenvalue weighted by molar-refractivity contribution is -0.126. The van der Waals surface area contributed by atoms with Crippen LogP contribution in [-0.2, 0) is 11.4 Å². The van der Waals surface area contributed by atoms with Gasteiger partial charge in [0.25, 0.3) is 5.91 Å². The summed E-state index contributed by atoms with van der Waals surface area (Å²) >= 11 is 12.5. The van der Waals surface area contributed by atoms with E-state index in [-0.39, 0.29) is 18.1 Å². The second kappa shape index (κ2) is 12.5. The molecule has 1 aliphatic rings. The highest BCUT2D eigenvalue weighted by molar-refractivity contribution is 6.32. The molecule has 0 unspecified atom stereocenters. The monoisotopic (exact) mass is 535 g/mol. The summed E-state index contributed by atoms with van der Waals surface area (Å²) in [4.78, 5) is 17.1. The normalized spacial score (nSPS) is 13.7. The van der Waals surface area contributed by atoms with E-state index >= 15 is 0 Å². The van der Waals surface area contributed by atoms with Crippen molar-refractivity contribution in [2.24, 2.45) is 0 Å². The van der Waals surface area contributed by atoms with E-state index in [9.17, 15) is 10.1 Å². The van der Waals surface area contributed by atoms with Gasteiger partial charge in [0.05, 0.1) is 11.6 Å². The molecule has 1 aliphatic heterocycles. The Bertz CT molecular complexity index is 1300. The first-order valence-electron chi connectivity index (χ1n) is 12.0. The van der Waals surface area contributed by atoms with Crippen molar-refractivity contribution in [3.8, 4) is 17.6 Å². The third kappa shape index (κ3) is 6.76. The molecule has 37 heavy (non-hydrogen) atoms. The lowest BCUT2D eigenvalue weighted by atomic mass is 10.1. The van der Waals surface area contributed by atoms with Crippen molar-refractivity contribution in [2.75, 3.05) is 37.7 Å². The number of nitrogens with zero attached hydrogens (tertiary/aromatic N) is 3. The van der Waals surface area contributed by atoms with Crippen LogP contribution in [-0.4, -0.2) is 43.6 Å². The summed E-state index contributed by atoms with van der Waals surface area (Å²) in [6.07, 6.45) is 1.54. The number of rotatable bonds is 8. The van der Waals surface area contributed by atoms with E-state index in [1.165, 1.54) is 0 Å². The Kier molecular flexibility index (Phi) is 8.95. The summed E-state index contributed by atoms with van der Waals surface area (Å²) in [7, 11) is 0. The number of hydrogen-bond donors (Lipinski definition) is 0. The van der Waals surface area contributed by atoms with Gasteiger partial charge in [-0.1, -0.05) is 53.5 Å². The van der Waals surface area contributed by atoms with Gasteiger partial charge in [-0.05, 0) is 60.5 Å². The van der Waals surface area contributed by atoms with Crippen LogP contribution in [0.4, 0.5) is 5.69 Å². The number of amides is 1. The molecule has 1 saturated heterocycles. The van der Waals surface area contributed by atoms with Crippen molar-refractivity contribution in [3.63, 3.8) is 0 Å². The minimum atomic E-state index is -0.299. The molecule has 8 heteroatoms. The molecule has 0 radical (unpaired) electrons. The van der Waals surface area contributed by atoms with Crippen LogP contribution in [0.2, 0.25) is 10.0 Å². The van der Waals surface area contributed by atoms with Crippen LogP contribution < -0.4 is 14.4 Å². The second-order valence-electron chi connectivity index (χ2n) is 8.46. The van der Waals surface area contributed by atoms with Crippen molar-refractivity contribution < 1.29 is 14.3 Å². The molecule has 0 atom stereocenters. The molecule has 0 bridgehead atoms. The third-order valence-electron chi connectivity index (χ3n) is 5.98. The number of ether oxygens (including phenoxy) is 2. The Labute approximate surface area is 227 Å². The number of carbonyl (C=O) groups excluding carboxylic acids is 1. The maximum Gasteiger partial charge on any atom is 0.264 e. The van der Waals surface area contributed by atoms with Gasteiger partial charge in [-0.3, -0.25) is 4.79 Å². The summed E-state index contributed by atoms with van der Waals surface area (Å²) in [6, 6.07) is 22.9. The van der Waals surface area contributed by atoms with Gasteiger partial charge in [0.1, 0.15) is 18.2 Å². The molecule has 3 aromatic carbocycles. The molecule has 0 saturated carbocycles. The molecule has 6 nitrogen and oxygen atoms in total. The first-order valence-corrected chi connectivity index (χ1v) is 12.8. The molecule has 3 aromatic rings. The van der Waals surface area contributed by atoms with Crippen LogP contribution in [0.1, 0.15) is 18.1 Å². The first kappa shape index (κ1) is 26.4. The Balaban J connectivity index is 1.48. The molecule has 1 fully saturated rings. The number of halogens is 2. The molecule has 1 heterocycles. The van der Waals surface area contributed by atoms with Gasteiger partial charge in [0, 0.05) is 36.9 Å². The highest BCUT2D eigenvalue weighted by Gasteiger charge is 2.24.